The third-order valence-corrected chi connectivity index (χ3v) is 7.41. The summed E-state index contributed by atoms with van der Waals surface area (Å²) in [5, 5.41) is 12.7. The molecule has 2 unspecified atom stereocenters. The molecule has 0 radical (unpaired) electrons. The van der Waals surface area contributed by atoms with Gasteiger partial charge in [-0.15, -0.1) is 0 Å². The van der Waals surface area contributed by atoms with Crippen LogP contribution < -0.4 is 4.90 Å². The Bertz CT molecular complexity index is 1120. The lowest BCUT2D eigenvalue weighted by molar-refractivity contribution is -0.190. The van der Waals surface area contributed by atoms with E-state index in [0.29, 0.717) is 18.5 Å². The highest BCUT2D eigenvalue weighted by molar-refractivity contribution is 6.33. The lowest BCUT2D eigenvalue weighted by atomic mass is 9.93. The van der Waals surface area contributed by atoms with Crippen molar-refractivity contribution in [3.8, 4) is 0 Å². The molecule has 0 saturated carbocycles. The number of alkyl halides is 3. The number of carbonyl (C=O) groups excluding carboxylic acids is 1. The van der Waals surface area contributed by atoms with Gasteiger partial charge >= 0.3 is 18.2 Å². The number of halogens is 4. The number of aromatic carboxylic acids is 1. The number of carboxylic acid groups (broad SMARTS) is 1. The summed E-state index contributed by atoms with van der Waals surface area (Å²) in [7, 11) is 1.50. The first-order valence-corrected chi connectivity index (χ1v) is 12.3. The molecule has 12 heteroatoms. The van der Waals surface area contributed by atoms with Gasteiger partial charge in [-0.2, -0.15) is 23.0 Å². The lowest BCUT2D eigenvalue weighted by Gasteiger charge is -2.44. The van der Waals surface area contributed by atoms with E-state index in [1.54, 1.807) is 31.2 Å². The van der Waals surface area contributed by atoms with Crippen LogP contribution in [-0.2, 0) is 0 Å². The van der Waals surface area contributed by atoms with E-state index >= 15 is 0 Å². The fraction of sp³-hybridized carbons (Fsp3) is 0.542. The van der Waals surface area contributed by atoms with Crippen LogP contribution in [0.1, 0.15) is 54.7 Å². The van der Waals surface area contributed by atoms with Crippen LogP contribution in [0, 0.1) is 0 Å². The summed E-state index contributed by atoms with van der Waals surface area (Å²) in [6.45, 7) is 3.45. The van der Waals surface area contributed by atoms with Crippen molar-refractivity contribution in [1.82, 2.24) is 19.6 Å². The highest BCUT2D eigenvalue weighted by atomic mass is 35.5. The highest BCUT2D eigenvalue weighted by Gasteiger charge is 2.48. The second kappa shape index (κ2) is 10.3. The second-order valence-corrected chi connectivity index (χ2v) is 9.85. The molecule has 0 spiro atoms. The third-order valence-electron chi connectivity index (χ3n) is 7.13. The van der Waals surface area contributed by atoms with Crippen molar-refractivity contribution >= 4 is 29.3 Å². The molecule has 0 bridgehead atoms. The minimum Gasteiger partial charge on any atom is -0.476 e. The summed E-state index contributed by atoms with van der Waals surface area (Å²) in [4.78, 5) is 29.1. The SMILES string of the molecule is C[C@H]1CC(N(C)C(c2ccccc2N2CCCC2)C(F)(F)F)CCN1C(=O)n1cc(Cl)c(C(=O)O)n1. The Morgan fingerprint density at radius 1 is 1.19 bits per heavy atom. The number of likely N-dealkylation sites (tertiary alicyclic amines) is 1. The van der Waals surface area contributed by atoms with Gasteiger partial charge in [0, 0.05) is 43.0 Å². The molecule has 2 aliphatic rings. The molecule has 2 saturated heterocycles. The summed E-state index contributed by atoms with van der Waals surface area (Å²) >= 11 is 5.87. The van der Waals surface area contributed by atoms with E-state index in [1.807, 2.05) is 4.90 Å². The molecule has 4 rings (SSSR count). The number of hydrogen-bond acceptors (Lipinski definition) is 5. The highest BCUT2D eigenvalue weighted by Crippen LogP contribution is 2.43. The van der Waals surface area contributed by atoms with Crippen molar-refractivity contribution in [2.45, 2.75) is 56.9 Å². The number of carbonyl (C=O) groups is 2. The monoisotopic (exact) mass is 527 g/mol. The maximum Gasteiger partial charge on any atom is 0.408 e. The Morgan fingerprint density at radius 2 is 1.86 bits per heavy atom. The van der Waals surface area contributed by atoms with E-state index in [9.17, 15) is 22.8 Å². The fourth-order valence-electron chi connectivity index (χ4n) is 5.33. The van der Waals surface area contributed by atoms with Gasteiger partial charge in [-0.1, -0.05) is 29.8 Å². The zero-order valence-corrected chi connectivity index (χ0v) is 20.8. The average molecular weight is 528 g/mol. The smallest absolute Gasteiger partial charge is 0.408 e. The number of piperidine rings is 1. The normalized spacial score (nSPS) is 21.8. The maximum atomic E-state index is 14.5. The zero-order chi connectivity index (χ0) is 26.2. The summed E-state index contributed by atoms with van der Waals surface area (Å²) in [5.74, 6) is -1.35. The van der Waals surface area contributed by atoms with Crippen molar-refractivity contribution in [1.29, 1.82) is 0 Å². The Kier molecular flexibility index (Phi) is 7.51. The Morgan fingerprint density at radius 3 is 2.44 bits per heavy atom. The number of para-hydroxylation sites is 1. The predicted molar refractivity (Wildman–Crippen MR) is 129 cm³/mol. The standard InChI is InChI=1S/C24H29ClF3N5O3/c1-15-13-16(9-12-32(15)23(36)33-14-18(25)20(29-33)22(34)35)30(2)21(24(26,27)28)17-7-3-4-8-19(17)31-10-5-6-11-31/h3-4,7-8,14-16,21H,5-6,9-13H2,1-2H3,(H,34,35)/t15-,16?,21?/m0/s1. The molecule has 2 aromatic rings. The van der Waals surface area contributed by atoms with Gasteiger partial charge in [-0.25, -0.2) is 9.59 Å². The Labute approximate surface area is 212 Å². The van der Waals surface area contributed by atoms with E-state index < -0.39 is 42.0 Å². The molecule has 1 aromatic heterocycles. The van der Waals surface area contributed by atoms with Crippen molar-refractivity contribution in [3.63, 3.8) is 0 Å². The quantitative estimate of drug-likeness (QED) is 0.596. The molecule has 1 N–H and O–H groups in total. The van der Waals surface area contributed by atoms with Crippen molar-refractivity contribution < 1.29 is 27.9 Å². The maximum absolute atomic E-state index is 14.5. The van der Waals surface area contributed by atoms with E-state index in [2.05, 4.69) is 5.10 Å². The van der Waals surface area contributed by atoms with E-state index in [0.717, 1.165) is 36.8 Å². The van der Waals surface area contributed by atoms with Gasteiger partial charge in [-0.3, -0.25) is 4.90 Å². The van der Waals surface area contributed by atoms with Gasteiger partial charge in [0.1, 0.15) is 6.04 Å². The van der Waals surface area contributed by atoms with Crippen LogP contribution in [0.15, 0.2) is 30.5 Å². The minimum absolute atomic E-state index is 0.164. The molecular weight excluding hydrogens is 499 g/mol. The number of anilines is 1. The molecule has 3 heterocycles. The Balaban J connectivity index is 1.53. The van der Waals surface area contributed by atoms with Crippen LogP contribution in [0.25, 0.3) is 0 Å². The molecule has 196 valence electrons. The average Bonchev–Trinajstić information content (AvgIpc) is 3.48. The lowest BCUT2D eigenvalue weighted by Crippen LogP contribution is -2.53. The van der Waals surface area contributed by atoms with E-state index in [4.69, 9.17) is 16.7 Å². The van der Waals surface area contributed by atoms with Gasteiger partial charge < -0.3 is 14.9 Å². The molecular formula is C24H29ClF3N5O3. The summed E-state index contributed by atoms with van der Waals surface area (Å²) in [6, 6.07) is 3.58. The molecule has 8 nitrogen and oxygen atoms in total. The number of hydrogen-bond donors (Lipinski definition) is 1. The number of nitrogens with zero attached hydrogens (tertiary/aromatic N) is 5. The number of carboxylic acids is 1. The molecule has 1 amide bonds. The molecule has 2 fully saturated rings. The molecule has 3 atom stereocenters. The number of rotatable bonds is 5. The minimum atomic E-state index is -4.49. The first-order valence-electron chi connectivity index (χ1n) is 11.9. The van der Waals surface area contributed by atoms with Crippen LogP contribution >= 0.6 is 11.6 Å². The van der Waals surface area contributed by atoms with Gasteiger partial charge in [0.2, 0.25) is 0 Å². The Hall–Kier alpha value is -2.79. The predicted octanol–water partition coefficient (Wildman–Crippen LogP) is 4.89. The number of amides is 1. The summed E-state index contributed by atoms with van der Waals surface area (Å²) < 4.78 is 44.4. The fourth-order valence-corrected chi connectivity index (χ4v) is 5.54. The molecule has 0 aliphatic carbocycles. The van der Waals surface area contributed by atoms with Gasteiger partial charge in [-0.05, 0) is 45.7 Å². The number of benzene rings is 1. The molecule has 36 heavy (non-hydrogen) atoms. The van der Waals surface area contributed by atoms with Crippen molar-refractivity contribution in [2.24, 2.45) is 0 Å². The van der Waals surface area contributed by atoms with E-state index in [1.165, 1.54) is 16.8 Å². The van der Waals surface area contributed by atoms with Gasteiger partial charge in [0.15, 0.2) is 5.69 Å². The van der Waals surface area contributed by atoms with Crippen LogP contribution in [0.2, 0.25) is 5.02 Å². The van der Waals surface area contributed by atoms with E-state index in [-0.39, 0.29) is 17.1 Å². The van der Waals surface area contributed by atoms with Gasteiger partial charge in [0.25, 0.3) is 0 Å². The van der Waals surface area contributed by atoms with Crippen LogP contribution in [-0.4, -0.2) is 81.6 Å². The topological polar surface area (TPSA) is 81.9 Å². The molecule has 1 aromatic carbocycles. The summed E-state index contributed by atoms with van der Waals surface area (Å²) in [6.07, 6.45) is -0.791. The number of aromatic nitrogens is 2. The summed E-state index contributed by atoms with van der Waals surface area (Å²) in [5.41, 5.74) is 0.430. The van der Waals surface area contributed by atoms with Crippen LogP contribution in [0.4, 0.5) is 23.7 Å². The van der Waals surface area contributed by atoms with Crippen molar-refractivity contribution in [3.05, 3.63) is 46.7 Å². The first kappa shape index (κ1) is 26.3. The third kappa shape index (κ3) is 5.17. The van der Waals surface area contributed by atoms with Crippen LogP contribution in [0.3, 0.4) is 0 Å². The van der Waals surface area contributed by atoms with Gasteiger partial charge in [0.05, 0.1) is 11.2 Å². The largest absolute Gasteiger partial charge is 0.476 e. The first-order chi connectivity index (χ1) is 17.0. The second-order valence-electron chi connectivity index (χ2n) is 9.44. The zero-order valence-electron chi connectivity index (χ0n) is 20.1. The van der Waals surface area contributed by atoms with Crippen molar-refractivity contribution in [2.75, 3.05) is 31.6 Å². The van der Waals surface area contributed by atoms with Crippen LogP contribution in [0.5, 0.6) is 0 Å². The molecule has 2 aliphatic heterocycles.